The van der Waals surface area contributed by atoms with Crippen molar-refractivity contribution >= 4 is 11.4 Å². The lowest BCUT2D eigenvalue weighted by Crippen LogP contribution is -2.18. The number of benzene rings is 1. The van der Waals surface area contributed by atoms with Crippen molar-refractivity contribution in [2.45, 2.75) is 19.3 Å². The molecule has 1 heterocycles. The highest BCUT2D eigenvalue weighted by Gasteiger charge is 2.13. The zero-order valence-electron chi connectivity index (χ0n) is 10.5. The van der Waals surface area contributed by atoms with Gasteiger partial charge in [0.15, 0.2) is 0 Å². The highest BCUT2D eigenvalue weighted by molar-refractivity contribution is 5.68. The summed E-state index contributed by atoms with van der Waals surface area (Å²) >= 11 is 0. The molecule has 0 atom stereocenters. The summed E-state index contributed by atoms with van der Waals surface area (Å²) in [7, 11) is 0. The lowest BCUT2D eigenvalue weighted by Gasteiger charge is -2.22. The topological polar surface area (TPSA) is 71.1 Å². The van der Waals surface area contributed by atoms with Gasteiger partial charge in [0, 0.05) is 19.8 Å². The lowest BCUT2D eigenvalue weighted by atomic mass is 9.96. The molecule has 1 saturated heterocycles. The third-order valence-corrected chi connectivity index (χ3v) is 3.39. The van der Waals surface area contributed by atoms with Crippen LogP contribution in [0, 0.1) is 17.2 Å². The Bertz CT molecular complexity index is 433. The van der Waals surface area contributed by atoms with Crippen molar-refractivity contribution in [2.75, 3.05) is 30.8 Å². The zero-order valence-corrected chi connectivity index (χ0v) is 10.5. The third-order valence-electron chi connectivity index (χ3n) is 3.39. The minimum absolute atomic E-state index is 0.637. The van der Waals surface area contributed by atoms with Crippen LogP contribution in [0.1, 0.15) is 24.8 Å². The number of nitrogens with zero attached hydrogens (tertiary/aromatic N) is 1. The number of rotatable bonds is 4. The first-order valence-electron chi connectivity index (χ1n) is 6.41. The number of hydrogen-bond acceptors (Lipinski definition) is 4. The summed E-state index contributed by atoms with van der Waals surface area (Å²) in [6.45, 7) is 2.66. The lowest BCUT2D eigenvalue weighted by molar-refractivity contribution is 0.0649. The molecule has 96 valence electrons. The molecule has 0 bridgehead atoms. The Labute approximate surface area is 108 Å². The van der Waals surface area contributed by atoms with E-state index in [1.807, 2.05) is 0 Å². The SMILES string of the molecule is N#Cc1ccc(N)c(NCCC2CCOCC2)c1. The van der Waals surface area contributed by atoms with Gasteiger partial charge in [0.1, 0.15) is 0 Å². The summed E-state index contributed by atoms with van der Waals surface area (Å²) in [5.41, 5.74) is 8.07. The Hall–Kier alpha value is -1.73. The second-order valence-corrected chi connectivity index (χ2v) is 4.69. The molecule has 18 heavy (non-hydrogen) atoms. The fraction of sp³-hybridized carbons (Fsp3) is 0.500. The Morgan fingerprint density at radius 3 is 2.89 bits per heavy atom. The summed E-state index contributed by atoms with van der Waals surface area (Å²) in [6, 6.07) is 7.44. The number of hydrogen-bond donors (Lipinski definition) is 2. The predicted octanol–water partition coefficient (Wildman–Crippen LogP) is 2.37. The van der Waals surface area contributed by atoms with Crippen LogP contribution in [0.15, 0.2) is 18.2 Å². The summed E-state index contributed by atoms with van der Waals surface area (Å²) in [6.07, 6.45) is 3.42. The van der Waals surface area contributed by atoms with Gasteiger partial charge in [-0.25, -0.2) is 0 Å². The van der Waals surface area contributed by atoms with E-state index in [2.05, 4.69) is 11.4 Å². The Kier molecular flexibility index (Phi) is 4.43. The van der Waals surface area contributed by atoms with Crippen LogP contribution >= 0.6 is 0 Å². The van der Waals surface area contributed by atoms with E-state index < -0.39 is 0 Å². The minimum Gasteiger partial charge on any atom is -0.397 e. The van der Waals surface area contributed by atoms with Crippen molar-refractivity contribution in [1.29, 1.82) is 5.26 Å². The van der Waals surface area contributed by atoms with Crippen LogP contribution in [0.5, 0.6) is 0 Å². The number of nitrogens with two attached hydrogens (primary N) is 1. The number of nitrogens with one attached hydrogen (secondary N) is 1. The van der Waals surface area contributed by atoms with Crippen LogP contribution < -0.4 is 11.1 Å². The van der Waals surface area contributed by atoms with Crippen molar-refractivity contribution in [2.24, 2.45) is 5.92 Å². The first-order valence-corrected chi connectivity index (χ1v) is 6.41. The molecule has 2 rings (SSSR count). The number of nitriles is 1. The smallest absolute Gasteiger partial charge is 0.0992 e. The van der Waals surface area contributed by atoms with Crippen molar-refractivity contribution < 1.29 is 4.74 Å². The molecular weight excluding hydrogens is 226 g/mol. The highest BCUT2D eigenvalue weighted by atomic mass is 16.5. The van der Waals surface area contributed by atoms with Gasteiger partial charge in [-0.1, -0.05) is 0 Å². The molecule has 1 fully saturated rings. The van der Waals surface area contributed by atoms with E-state index in [1.54, 1.807) is 18.2 Å². The van der Waals surface area contributed by atoms with Crippen molar-refractivity contribution in [3.8, 4) is 6.07 Å². The maximum absolute atomic E-state index is 8.85. The molecule has 1 aliphatic heterocycles. The molecule has 4 nitrogen and oxygen atoms in total. The van der Waals surface area contributed by atoms with Crippen molar-refractivity contribution in [1.82, 2.24) is 0 Å². The summed E-state index contributed by atoms with van der Waals surface area (Å²) in [5.74, 6) is 0.742. The molecule has 0 unspecified atom stereocenters. The Balaban J connectivity index is 1.84. The van der Waals surface area contributed by atoms with Gasteiger partial charge >= 0.3 is 0 Å². The molecule has 0 aliphatic carbocycles. The van der Waals surface area contributed by atoms with Gasteiger partial charge in [0.05, 0.1) is 23.0 Å². The van der Waals surface area contributed by atoms with Gasteiger partial charge in [-0.3, -0.25) is 0 Å². The second kappa shape index (κ2) is 6.27. The predicted molar refractivity (Wildman–Crippen MR) is 72.2 cm³/mol. The fourth-order valence-corrected chi connectivity index (χ4v) is 2.22. The van der Waals surface area contributed by atoms with E-state index in [4.69, 9.17) is 15.7 Å². The average Bonchev–Trinajstić information content (AvgIpc) is 2.42. The van der Waals surface area contributed by atoms with Crippen molar-refractivity contribution in [3.63, 3.8) is 0 Å². The van der Waals surface area contributed by atoms with Gasteiger partial charge in [0.25, 0.3) is 0 Å². The van der Waals surface area contributed by atoms with E-state index in [-0.39, 0.29) is 0 Å². The first-order chi connectivity index (χ1) is 8.79. The molecule has 0 radical (unpaired) electrons. The van der Waals surface area contributed by atoms with Gasteiger partial charge < -0.3 is 15.8 Å². The standard InChI is InChI=1S/C14H19N3O/c15-10-12-1-2-13(16)14(9-12)17-6-3-11-4-7-18-8-5-11/h1-2,9,11,17H,3-8,16H2. The Morgan fingerprint density at radius 2 is 2.17 bits per heavy atom. The summed E-state index contributed by atoms with van der Waals surface area (Å²) in [5, 5.41) is 12.2. The van der Waals surface area contributed by atoms with Gasteiger partial charge in [0.2, 0.25) is 0 Å². The molecule has 0 aromatic heterocycles. The number of nitrogen functional groups attached to an aromatic ring is 1. The van der Waals surface area contributed by atoms with E-state index in [1.165, 1.54) is 0 Å². The average molecular weight is 245 g/mol. The molecule has 0 spiro atoms. The molecule has 3 N–H and O–H groups in total. The minimum atomic E-state index is 0.637. The fourth-order valence-electron chi connectivity index (χ4n) is 2.22. The molecule has 0 saturated carbocycles. The van der Waals surface area contributed by atoms with E-state index >= 15 is 0 Å². The molecule has 4 heteroatoms. The van der Waals surface area contributed by atoms with Crippen LogP contribution in [0.25, 0.3) is 0 Å². The number of anilines is 2. The summed E-state index contributed by atoms with van der Waals surface area (Å²) < 4.78 is 5.34. The molecule has 1 aliphatic rings. The van der Waals surface area contributed by atoms with Crippen LogP contribution in [-0.2, 0) is 4.74 Å². The van der Waals surface area contributed by atoms with Crippen LogP contribution in [0.4, 0.5) is 11.4 Å². The molecule has 1 aromatic carbocycles. The number of ether oxygens (including phenoxy) is 1. The maximum Gasteiger partial charge on any atom is 0.0992 e. The monoisotopic (exact) mass is 245 g/mol. The Morgan fingerprint density at radius 1 is 1.39 bits per heavy atom. The second-order valence-electron chi connectivity index (χ2n) is 4.69. The highest BCUT2D eigenvalue weighted by Crippen LogP contribution is 2.22. The van der Waals surface area contributed by atoms with Gasteiger partial charge in [-0.15, -0.1) is 0 Å². The largest absolute Gasteiger partial charge is 0.397 e. The first kappa shape index (κ1) is 12.7. The quantitative estimate of drug-likeness (QED) is 0.799. The van der Waals surface area contributed by atoms with Crippen molar-refractivity contribution in [3.05, 3.63) is 23.8 Å². The normalized spacial score (nSPS) is 16.2. The van der Waals surface area contributed by atoms with E-state index in [0.29, 0.717) is 11.3 Å². The zero-order chi connectivity index (χ0) is 12.8. The van der Waals surface area contributed by atoms with Gasteiger partial charge in [-0.2, -0.15) is 5.26 Å². The van der Waals surface area contributed by atoms with Gasteiger partial charge in [-0.05, 0) is 43.4 Å². The van der Waals surface area contributed by atoms with Crippen LogP contribution in [-0.4, -0.2) is 19.8 Å². The third kappa shape index (κ3) is 3.38. The maximum atomic E-state index is 8.85. The summed E-state index contributed by atoms with van der Waals surface area (Å²) in [4.78, 5) is 0. The van der Waals surface area contributed by atoms with Crippen LogP contribution in [0.2, 0.25) is 0 Å². The molecular formula is C14H19N3O. The van der Waals surface area contributed by atoms with E-state index in [0.717, 1.165) is 50.6 Å². The molecule has 0 amide bonds. The van der Waals surface area contributed by atoms with Crippen LogP contribution in [0.3, 0.4) is 0 Å². The molecule has 1 aromatic rings. The van der Waals surface area contributed by atoms with E-state index in [9.17, 15) is 0 Å².